The molecule has 0 radical (unpaired) electrons. The first-order chi connectivity index (χ1) is 37.7. The second-order valence-corrected chi connectivity index (χ2v) is 19.7. The summed E-state index contributed by atoms with van der Waals surface area (Å²) in [6, 6.07) is 81.2. The number of nitrogens with zero attached hydrogens (tertiary/aromatic N) is 6. The van der Waals surface area contributed by atoms with Crippen LogP contribution in [0.4, 0.5) is 0 Å². The molecule has 17 rings (SSSR count). The number of hydrogen-bond donors (Lipinski definition) is 0. The minimum absolute atomic E-state index is 0.325. The summed E-state index contributed by atoms with van der Waals surface area (Å²) in [5, 5.41) is 37.3. The zero-order valence-corrected chi connectivity index (χ0v) is 40.3. The van der Waals surface area contributed by atoms with Gasteiger partial charge in [0, 0.05) is 76.8 Å². The molecule has 0 bridgehead atoms. The van der Waals surface area contributed by atoms with Crippen molar-refractivity contribution in [3.05, 3.63) is 230 Å². The Morgan fingerprint density at radius 1 is 0.237 bits per heavy atom. The van der Waals surface area contributed by atoms with E-state index >= 15 is 0 Å². The third-order valence-electron chi connectivity index (χ3n) is 16.0. The lowest BCUT2D eigenvalue weighted by Crippen LogP contribution is -2.16. The van der Waals surface area contributed by atoms with Crippen LogP contribution in [0.25, 0.3) is 154 Å². The Morgan fingerprint density at radius 3 is 0.855 bits per heavy atom. The van der Waals surface area contributed by atoms with Crippen LogP contribution < -0.4 is 0 Å². The molecule has 0 atom stereocenters. The molecule has 0 aliphatic carbocycles. The fourth-order valence-electron chi connectivity index (χ4n) is 13.0. The molecule has 0 amide bonds. The first-order valence-electron chi connectivity index (χ1n) is 25.4. The highest BCUT2D eigenvalue weighted by Crippen LogP contribution is 2.50. The average Bonchev–Trinajstić information content (AvgIpc) is 4.45. The predicted molar refractivity (Wildman–Crippen MR) is 308 cm³/mol. The molecule has 0 fully saturated rings. The number of para-hydroxylation sites is 8. The smallest absolute Gasteiger partial charge is 0.137 e. The van der Waals surface area contributed by atoms with E-state index in [9.17, 15) is 10.5 Å². The molecule has 6 heterocycles. The fourth-order valence-corrected chi connectivity index (χ4v) is 13.0. The standard InChI is InChI=1S/C68H36N6O2/c69-37-51-65(73-57-29-13-5-21-43(57)47-33-49-45-23-7-15-31-61(45)75-63(49)35-59(47)73)52(38-70)67(72-55-27-11-3-19-41(55)42-20-4-12-28-56(42)72)68(66(51)71-53-25-9-1-17-39(53)40-18-2-10-26-54(40)71)74-58-30-14-6-22-44(58)48-34-50-46-24-8-16-32-62(46)76-64(50)36-60(48)74/h1-36H. The molecule has 350 valence electrons. The molecule has 0 N–H and O–H groups in total. The maximum Gasteiger partial charge on any atom is 0.137 e. The average molecular weight is 969 g/mol. The van der Waals surface area contributed by atoms with Crippen LogP contribution in [0, 0.1) is 22.7 Å². The summed E-state index contributed by atoms with van der Waals surface area (Å²) in [7, 11) is 0. The van der Waals surface area contributed by atoms with Crippen LogP contribution in [-0.2, 0) is 0 Å². The van der Waals surface area contributed by atoms with Gasteiger partial charge in [0.25, 0.3) is 0 Å². The third kappa shape index (κ3) is 5.18. The molecule has 0 saturated heterocycles. The van der Waals surface area contributed by atoms with Gasteiger partial charge in [0.15, 0.2) is 0 Å². The van der Waals surface area contributed by atoms with Crippen molar-refractivity contribution in [1.82, 2.24) is 18.3 Å². The van der Waals surface area contributed by atoms with E-state index in [1.165, 1.54) is 0 Å². The van der Waals surface area contributed by atoms with Crippen molar-refractivity contribution < 1.29 is 8.83 Å². The van der Waals surface area contributed by atoms with Crippen molar-refractivity contribution in [2.24, 2.45) is 0 Å². The summed E-state index contributed by atoms with van der Waals surface area (Å²) in [4.78, 5) is 0. The molecular weight excluding hydrogens is 933 g/mol. The maximum atomic E-state index is 12.6. The molecule has 6 aromatic heterocycles. The number of hydrogen-bond acceptors (Lipinski definition) is 4. The van der Waals surface area contributed by atoms with Crippen molar-refractivity contribution in [2.45, 2.75) is 0 Å². The number of rotatable bonds is 4. The summed E-state index contributed by atoms with van der Waals surface area (Å²) in [5.74, 6) is 0. The number of benzene rings is 11. The molecule has 8 nitrogen and oxygen atoms in total. The van der Waals surface area contributed by atoms with Gasteiger partial charge in [-0.1, -0.05) is 146 Å². The summed E-state index contributed by atoms with van der Waals surface area (Å²) in [6.07, 6.45) is 0. The Kier molecular flexibility index (Phi) is 7.99. The van der Waals surface area contributed by atoms with Crippen molar-refractivity contribution in [3.63, 3.8) is 0 Å². The number of aromatic nitrogens is 4. The topological polar surface area (TPSA) is 93.6 Å². The van der Waals surface area contributed by atoms with Gasteiger partial charge in [-0.15, -0.1) is 0 Å². The van der Waals surface area contributed by atoms with Gasteiger partial charge in [-0.25, -0.2) is 0 Å². The van der Waals surface area contributed by atoms with Crippen molar-refractivity contribution >= 4 is 131 Å². The van der Waals surface area contributed by atoms with Gasteiger partial charge < -0.3 is 27.1 Å². The van der Waals surface area contributed by atoms with E-state index in [2.05, 4.69) is 206 Å². The lowest BCUT2D eigenvalue weighted by Gasteiger charge is -2.27. The summed E-state index contributed by atoms with van der Waals surface area (Å²) < 4.78 is 22.4. The molecular formula is C68H36N6O2. The maximum absolute atomic E-state index is 12.6. The van der Waals surface area contributed by atoms with E-state index in [-0.39, 0.29) is 0 Å². The van der Waals surface area contributed by atoms with Gasteiger partial charge in [-0.05, 0) is 60.7 Å². The number of furan rings is 2. The second-order valence-electron chi connectivity index (χ2n) is 19.7. The van der Waals surface area contributed by atoms with Crippen molar-refractivity contribution in [1.29, 1.82) is 10.5 Å². The fraction of sp³-hybridized carbons (Fsp3) is 0. The Hall–Kier alpha value is -10.8. The Balaban J connectivity index is 1.18. The normalized spacial score (nSPS) is 12.2. The van der Waals surface area contributed by atoms with Crippen LogP contribution in [0.2, 0.25) is 0 Å². The Labute approximate surface area is 431 Å². The molecule has 8 heteroatoms. The quantitative estimate of drug-likeness (QED) is 0.176. The van der Waals surface area contributed by atoms with Gasteiger partial charge in [0.2, 0.25) is 0 Å². The summed E-state index contributed by atoms with van der Waals surface area (Å²) in [5.41, 5.74) is 13.1. The van der Waals surface area contributed by atoms with E-state index < -0.39 is 0 Å². The molecule has 0 unspecified atom stereocenters. The molecule has 0 spiro atoms. The number of fused-ring (bicyclic) bond motifs is 18. The van der Waals surface area contributed by atoms with Gasteiger partial charge in [0.05, 0.1) is 66.9 Å². The van der Waals surface area contributed by atoms with Gasteiger partial charge in [-0.3, -0.25) is 0 Å². The highest BCUT2D eigenvalue weighted by molar-refractivity contribution is 6.21. The van der Waals surface area contributed by atoms with E-state index in [4.69, 9.17) is 8.83 Å². The van der Waals surface area contributed by atoms with Gasteiger partial charge in [-0.2, -0.15) is 10.5 Å². The van der Waals surface area contributed by atoms with Crippen molar-refractivity contribution in [2.75, 3.05) is 0 Å². The minimum atomic E-state index is 0.325. The number of nitriles is 2. The largest absolute Gasteiger partial charge is 0.456 e. The van der Waals surface area contributed by atoms with E-state index in [0.717, 1.165) is 126 Å². The summed E-state index contributed by atoms with van der Waals surface area (Å²) in [6.45, 7) is 0. The third-order valence-corrected chi connectivity index (χ3v) is 16.0. The second kappa shape index (κ2) is 14.9. The first-order valence-corrected chi connectivity index (χ1v) is 25.4. The van der Waals surface area contributed by atoms with Crippen LogP contribution in [-0.4, -0.2) is 18.3 Å². The SMILES string of the molecule is N#Cc1c(-n2c3ccccc3c3cc4c(cc32)oc2ccccc24)c(C#N)c(-n2c3ccccc3c3ccccc32)c(-n2c3ccccc3c3cc4c(cc32)oc2ccccc24)c1-n1c2ccccc2c2ccccc21. The summed E-state index contributed by atoms with van der Waals surface area (Å²) >= 11 is 0. The van der Waals surface area contributed by atoms with Crippen molar-refractivity contribution in [3.8, 4) is 34.9 Å². The van der Waals surface area contributed by atoms with Gasteiger partial charge in [0.1, 0.15) is 45.6 Å². The Morgan fingerprint density at radius 2 is 0.513 bits per heavy atom. The van der Waals surface area contributed by atoms with Crippen LogP contribution in [0.1, 0.15) is 11.1 Å². The van der Waals surface area contributed by atoms with Crippen LogP contribution in [0.15, 0.2) is 227 Å². The van der Waals surface area contributed by atoms with E-state index in [1.807, 2.05) is 42.5 Å². The highest BCUT2D eigenvalue weighted by Gasteiger charge is 2.35. The van der Waals surface area contributed by atoms with E-state index in [0.29, 0.717) is 39.5 Å². The molecule has 0 aliphatic rings. The minimum Gasteiger partial charge on any atom is -0.456 e. The van der Waals surface area contributed by atoms with E-state index in [1.54, 1.807) is 0 Å². The molecule has 0 aliphatic heterocycles. The first kappa shape index (κ1) is 40.8. The lowest BCUT2D eigenvalue weighted by molar-refractivity contribution is 0.669. The lowest BCUT2D eigenvalue weighted by atomic mass is 9.98. The molecule has 76 heavy (non-hydrogen) atoms. The molecule has 0 saturated carbocycles. The Bertz CT molecular complexity index is 5260. The highest BCUT2D eigenvalue weighted by atomic mass is 16.3. The van der Waals surface area contributed by atoms with Crippen LogP contribution >= 0.6 is 0 Å². The van der Waals surface area contributed by atoms with Crippen LogP contribution in [0.5, 0.6) is 0 Å². The van der Waals surface area contributed by atoms with Gasteiger partial charge >= 0.3 is 0 Å². The zero-order chi connectivity index (χ0) is 49.9. The molecule has 17 aromatic rings. The monoisotopic (exact) mass is 968 g/mol. The molecule has 11 aromatic carbocycles. The predicted octanol–water partition coefficient (Wildman–Crippen LogP) is 17.6. The van der Waals surface area contributed by atoms with Crippen LogP contribution in [0.3, 0.4) is 0 Å². The zero-order valence-electron chi connectivity index (χ0n) is 40.3.